The van der Waals surface area contributed by atoms with Crippen molar-refractivity contribution in [3.8, 4) is 0 Å². The highest BCUT2D eigenvalue weighted by Crippen LogP contribution is 2.10. The lowest BCUT2D eigenvalue weighted by Crippen LogP contribution is -2.24. The Bertz CT molecular complexity index is 250. The highest BCUT2D eigenvalue weighted by molar-refractivity contribution is 7.80. The van der Waals surface area contributed by atoms with Crippen molar-refractivity contribution < 1.29 is 10.3 Å². The van der Waals surface area contributed by atoms with Crippen molar-refractivity contribution in [2.45, 2.75) is 0 Å². The molecule has 0 spiro atoms. The van der Waals surface area contributed by atoms with E-state index in [1.54, 1.807) is 30.3 Å². The molecular formula is C7H7NO2S. The minimum Gasteiger partial charge on any atom is -0.485 e. The van der Waals surface area contributed by atoms with E-state index in [4.69, 9.17) is 10.3 Å². The predicted molar refractivity (Wildman–Crippen MR) is 45.9 cm³/mol. The van der Waals surface area contributed by atoms with Gasteiger partial charge < -0.3 is 5.11 Å². The zero-order valence-electron chi connectivity index (χ0n) is 5.64. The number of nitrogens with zero attached hydrogens (tertiary/aromatic N) is 1. The number of hydrogen-bond donors (Lipinski definition) is 2. The lowest BCUT2D eigenvalue weighted by atomic mass is 10.3. The second-order valence-electron chi connectivity index (χ2n) is 1.93. The van der Waals surface area contributed by atoms with E-state index in [1.165, 1.54) is 0 Å². The summed E-state index contributed by atoms with van der Waals surface area (Å²) in [6.07, 6.45) is 0. The third kappa shape index (κ3) is 1.89. The van der Waals surface area contributed by atoms with Gasteiger partial charge in [-0.3, -0.25) is 5.21 Å². The molecule has 0 amide bonds. The summed E-state index contributed by atoms with van der Waals surface area (Å²) in [5, 5.41) is 17.7. The van der Waals surface area contributed by atoms with Gasteiger partial charge in [0.25, 0.3) is 5.17 Å². The maximum Gasteiger partial charge on any atom is 0.286 e. The van der Waals surface area contributed by atoms with Crippen LogP contribution in [0, 0.1) is 0 Å². The molecule has 2 N–H and O–H groups in total. The average molecular weight is 169 g/mol. The first-order valence-electron chi connectivity index (χ1n) is 2.99. The molecule has 0 unspecified atom stereocenters. The molecule has 0 atom stereocenters. The number of benzene rings is 1. The summed E-state index contributed by atoms with van der Waals surface area (Å²) in [6.45, 7) is 0. The van der Waals surface area contributed by atoms with Crippen LogP contribution in [0.25, 0.3) is 0 Å². The highest BCUT2D eigenvalue weighted by atomic mass is 32.1. The molecule has 0 saturated carbocycles. The zero-order valence-corrected chi connectivity index (χ0v) is 6.45. The topological polar surface area (TPSA) is 43.7 Å². The van der Waals surface area contributed by atoms with Gasteiger partial charge in [0.15, 0.2) is 0 Å². The quantitative estimate of drug-likeness (QED) is 0.496. The minimum absolute atomic E-state index is 0.444. The van der Waals surface area contributed by atoms with Crippen LogP contribution >= 0.6 is 12.2 Å². The number of thiocarbonyl (C=S) groups is 1. The maximum atomic E-state index is 9.04. The second kappa shape index (κ2) is 3.32. The number of hydrogen-bond acceptors (Lipinski definition) is 2. The molecule has 0 aliphatic heterocycles. The Morgan fingerprint density at radius 1 is 1.27 bits per heavy atom. The summed E-state index contributed by atoms with van der Waals surface area (Å²) >= 11 is 4.33. The first-order chi connectivity index (χ1) is 5.22. The molecule has 1 aromatic carbocycles. The summed E-state index contributed by atoms with van der Waals surface area (Å²) in [5.74, 6) is 0. The number of hydroxylamine groups is 1. The van der Waals surface area contributed by atoms with Gasteiger partial charge in [0, 0.05) is 0 Å². The Kier molecular flexibility index (Phi) is 2.40. The van der Waals surface area contributed by atoms with E-state index in [1.807, 2.05) is 0 Å². The Morgan fingerprint density at radius 2 is 1.82 bits per heavy atom. The molecule has 0 aliphatic rings. The number of para-hydroxylation sites is 1. The highest BCUT2D eigenvalue weighted by Gasteiger charge is 2.04. The standard InChI is InChI=1S/C7H7NO2S/c9-7(11)8(10)6-4-2-1-3-5-6/h1-5,10H,(H,9,11). The lowest BCUT2D eigenvalue weighted by molar-refractivity contribution is 0.289. The van der Waals surface area contributed by atoms with E-state index in [0.717, 1.165) is 0 Å². The molecule has 0 radical (unpaired) electrons. The van der Waals surface area contributed by atoms with Crippen molar-refractivity contribution >= 4 is 23.1 Å². The molecule has 0 bridgehead atoms. The molecule has 4 heteroatoms. The largest absolute Gasteiger partial charge is 0.485 e. The summed E-state index contributed by atoms with van der Waals surface area (Å²) in [7, 11) is 0. The van der Waals surface area contributed by atoms with E-state index in [9.17, 15) is 0 Å². The Labute approximate surface area is 69.5 Å². The molecule has 11 heavy (non-hydrogen) atoms. The van der Waals surface area contributed by atoms with Gasteiger partial charge in [-0.1, -0.05) is 18.2 Å². The van der Waals surface area contributed by atoms with Crippen LogP contribution < -0.4 is 5.06 Å². The van der Waals surface area contributed by atoms with Gasteiger partial charge in [-0.05, 0) is 24.4 Å². The SMILES string of the molecule is OC(=S)N(O)c1ccccc1. The third-order valence-corrected chi connectivity index (χ3v) is 1.35. The molecule has 3 nitrogen and oxygen atoms in total. The molecule has 0 fully saturated rings. The van der Waals surface area contributed by atoms with Gasteiger partial charge in [-0.25, -0.2) is 0 Å². The first-order valence-corrected chi connectivity index (χ1v) is 3.39. The minimum atomic E-state index is -0.559. The Balaban J connectivity index is 2.85. The smallest absolute Gasteiger partial charge is 0.286 e. The van der Waals surface area contributed by atoms with Crippen molar-refractivity contribution in [1.82, 2.24) is 0 Å². The molecule has 0 saturated heterocycles. The van der Waals surface area contributed by atoms with Crippen LogP contribution in [0.15, 0.2) is 30.3 Å². The monoisotopic (exact) mass is 169 g/mol. The van der Waals surface area contributed by atoms with E-state index < -0.39 is 5.17 Å². The van der Waals surface area contributed by atoms with Crippen LogP contribution in [0.5, 0.6) is 0 Å². The maximum absolute atomic E-state index is 9.04. The number of aliphatic hydroxyl groups is 1. The molecular weight excluding hydrogens is 162 g/mol. The van der Waals surface area contributed by atoms with Gasteiger partial charge in [-0.15, -0.1) is 0 Å². The normalized spacial score (nSPS) is 9.18. The fraction of sp³-hybridized carbons (Fsp3) is 0. The van der Waals surface area contributed by atoms with E-state index >= 15 is 0 Å². The molecule has 1 aromatic rings. The van der Waals surface area contributed by atoms with Crippen molar-refractivity contribution in [3.05, 3.63) is 30.3 Å². The van der Waals surface area contributed by atoms with Crippen LogP contribution in [-0.2, 0) is 0 Å². The van der Waals surface area contributed by atoms with E-state index in [0.29, 0.717) is 10.8 Å². The third-order valence-electron chi connectivity index (χ3n) is 1.18. The first kappa shape index (κ1) is 7.97. The van der Waals surface area contributed by atoms with E-state index in [-0.39, 0.29) is 0 Å². The molecule has 0 aliphatic carbocycles. The zero-order chi connectivity index (χ0) is 8.27. The van der Waals surface area contributed by atoms with Gasteiger partial charge in [0.05, 0.1) is 5.69 Å². The molecule has 1 rings (SSSR count). The summed E-state index contributed by atoms with van der Waals surface area (Å²) in [6, 6.07) is 8.52. The van der Waals surface area contributed by atoms with Gasteiger partial charge >= 0.3 is 0 Å². The van der Waals surface area contributed by atoms with Crippen LogP contribution in [0.4, 0.5) is 5.69 Å². The predicted octanol–water partition coefficient (Wildman–Crippen LogP) is 1.73. The fourth-order valence-corrected chi connectivity index (χ4v) is 0.785. The van der Waals surface area contributed by atoms with E-state index in [2.05, 4.69) is 12.2 Å². The Morgan fingerprint density at radius 3 is 2.27 bits per heavy atom. The van der Waals surface area contributed by atoms with Crippen LogP contribution in [0.2, 0.25) is 0 Å². The van der Waals surface area contributed by atoms with Crippen LogP contribution in [0.3, 0.4) is 0 Å². The van der Waals surface area contributed by atoms with Crippen molar-refractivity contribution in [2.24, 2.45) is 0 Å². The van der Waals surface area contributed by atoms with Gasteiger partial charge in [0.1, 0.15) is 0 Å². The van der Waals surface area contributed by atoms with Crippen LogP contribution in [-0.4, -0.2) is 15.5 Å². The number of anilines is 1. The van der Waals surface area contributed by atoms with Crippen LogP contribution in [0.1, 0.15) is 0 Å². The van der Waals surface area contributed by atoms with Crippen molar-refractivity contribution in [1.29, 1.82) is 0 Å². The molecule has 0 heterocycles. The average Bonchev–Trinajstić information content (AvgIpc) is 2.05. The van der Waals surface area contributed by atoms with Gasteiger partial charge in [-0.2, -0.15) is 5.06 Å². The lowest BCUT2D eigenvalue weighted by Gasteiger charge is -2.11. The fourth-order valence-electron chi connectivity index (χ4n) is 0.680. The summed E-state index contributed by atoms with van der Waals surface area (Å²) in [4.78, 5) is 0. The van der Waals surface area contributed by atoms with Gasteiger partial charge in [0.2, 0.25) is 0 Å². The Hall–Kier alpha value is -1.13. The van der Waals surface area contributed by atoms with Crippen molar-refractivity contribution in [2.75, 3.05) is 5.06 Å². The second-order valence-corrected chi connectivity index (χ2v) is 2.30. The molecule has 58 valence electrons. The summed E-state index contributed by atoms with van der Waals surface area (Å²) < 4.78 is 0. The molecule has 0 aromatic heterocycles. The number of aliphatic hydroxyl groups excluding tert-OH is 1. The van der Waals surface area contributed by atoms with Crippen molar-refractivity contribution in [3.63, 3.8) is 0 Å². The number of rotatable bonds is 1. The summed E-state index contributed by atoms with van der Waals surface area (Å²) in [5.41, 5.74) is 0.444.